The highest BCUT2D eigenvalue weighted by Gasteiger charge is 2.22. The minimum Gasteiger partial charge on any atom is -0.497 e. The van der Waals surface area contributed by atoms with Crippen molar-refractivity contribution in [1.29, 1.82) is 0 Å². The second kappa shape index (κ2) is 8.63. The van der Waals surface area contributed by atoms with E-state index in [4.69, 9.17) is 9.47 Å². The van der Waals surface area contributed by atoms with Crippen molar-refractivity contribution in [3.8, 4) is 5.75 Å². The molecule has 0 saturated carbocycles. The van der Waals surface area contributed by atoms with Gasteiger partial charge in [-0.25, -0.2) is 0 Å². The van der Waals surface area contributed by atoms with Crippen molar-refractivity contribution < 1.29 is 14.3 Å². The minimum absolute atomic E-state index is 0.183. The van der Waals surface area contributed by atoms with Crippen LogP contribution in [0.15, 0.2) is 53.4 Å². The summed E-state index contributed by atoms with van der Waals surface area (Å²) in [6.45, 7) is 4.29. The normalized spacial score (nSPS) is 11.8. The van der Waals surface area contributed by atoms with Crippen LogP contribution in [-0.4, -0.2) is 25.4 Å². The summed E-state index contributed by atoms with van der Waals surface area (Å²) in [6.07, 6.45) is 0. The van der Waals surface area contributed by atoms with Crippen LogP contribution in [0.5, 0.6) is 5.75 Å². The molecule has 0 fully saturated rings. The van der Waals surface area contributed by atoms with Gasteiger partial charge in [-0.05, 0) is 43.7 Å². The molecule has 0 saturated heterocycles. The fourth-order valence-electron chi connectivity index (χ4n) is 2.26. The Labute approximate surface area is 142 Å². The predicted octanol–water partition coefficient (Wildman–Crippen LogP) is 4.44. The van der Waals surface area contributed by atoms with Gasteiger partial charge in [0.2, 0.25) is 0 Å². The number of carbonyl (C=O) groups excluding carboxylic acids is 1. The molecule has 0 heterocycles. The van der Waals surface area contributed by atoms with Gasteiger partial charge in [0.05, 0.1) is 19.6 Å². The van der Waals surface area contributed by atoms with E-state index in [-0.39, 0.29) is 11.9 Å². The van der Waals surface area contributed by atoms with Gasteiger partial charge < -0.3 is 9.47 Å². The van der Waals surface area contributed by atoms with E-state index in [2.05, 4.69) is 25.1 Å². The van der Waals surface area contributed by atoms with E-state index in [1.54, 1.807) is 18.9 Å². The zero-order chi connectivity index (χ0) is 16.7. The molecule has 2 aromatic rings. The number of methoxy groups -OCH3 is 1. The first kappa shape index (κ1) is 17.4. The van der Waals surface area contributed by atoms with Crippen molar-refractivity contribution in [3.05, 3.63) is 59.7 Å². The summed E-state index contributed by atoms with van der Waals surface area (Å²) in [7, 11) is 1.63. The molecule has 0 aliphatic heterocycles. The third kappa shape index (κ3) is 5.03. The zero-order valence-electron chi connectivity index (χ0n) is 13.7. The van der Waals surface area contributed by atoms with Crippen molar-refractivity contribution in [2.75, 3.05) is 19.5 Å². The fraction of sp³-hybridized carbons (Fsp3) is 0.316. The highest BCUT2D eigenvalue weighted by Crippen LogP contribution is 2.29. The summed E-state index contributed by atoms with van der Waals surface area (Å²) in [6, 6.07) is 15.9. The molecule has 0 aliphatic rings. The van der Waals surface area contributed by atoms with E-state index in [0.717, 1.165) is 16.2 Å². The van der Waals surface area contributed by atoms with Crippen LogP contribution in [0.25, 0.3) is 0 Å². The number of hydrogen-bond donors (Lipinski definition) is 0. The number of thioether (sulfide) groups is 1. The van der Waals surface area contributed by atoms with E-state index in [9.17, 15) is 4.79 Å². The van der Waals surface area contributed by atoms with Crippen LogP contribution in [0.2, 0.25) is 0 Å². The van der Waals surface area contributed by atoms with E-state index >= 15 is 0 Å². The monoisotopic (exact) mass is 330 g/mol. The molecule has 4 heteroatoms. The number of aryl methyl sites for hydroxylation is 1. The van der Waals surface area contributed by atoms with Crippen LogP contribution in [0.4, 0.5) is 0 Å². The Kier molecular flexibility index (Phi) is 6.53. The first-order valence-corrected chi connectivity index (χ1v) is 8.62. The third-order valence-corrected chi connectivity index (χ3v) is 4.58. The number of hydrogen-bond acceptors (Lipinski definition) is 4. The number of benzene rings is 2. The Morgan fingerprint density at radius 2 is 1.91 bits per heavy atom. The number of rotatable bonds is 7. The molecule has 2 aromatic carbocycles. The summed E-state index contributed by atoms with van der Waals surface area (Å²) < 4.78 is 10.4. The molecule has 0 aromatic heterocycles. The summed E-state index contributed by atoms with van der Waals surface area (Å²) in [5.41, 5.74) is 2.16. The lowest BCUT2D eigenvalue weighted by atomic mass is 10.0. The SMILES string of the molecule is CCOC(=O)C(CSc1cccc(C)c1)c1ccc(OC)cc1. The summed E-state index contributed by atoms with van der Waals surface area (Å²) in [5, 5.41) is 0. The number of esters is 1. The molecule has 0 amide bonds. The molecule has 3 nitrogen and oxygen atoms in total. The topological polar surface area (TPSA) is 35.5 Å². The second-order valence-corrected chi connectivity index (χ2v) is 6.30. The summed E-state index contributed by atoms with van der Waals surface area (Å²) >= 11 is 1.67. The largest absolute Gasteiger partial charge is 0.497 e. The van der Waals surface area contributed by atoms with Crippen LogP contribution >= 0.6 is 11.8 Å². The Morgan fingerprint density at radius 3 is 2.52 bits per heavy atom. The molecule has 122 valence electrons. The molecule has 0 spiro atoms. The number of carbonyl (C=O) groups is 1. The molecule has 0 aliphatic carbocycles. The quantitative estimate of drug-likeness (QED) is 0.555. The van der Waals surface area contributed by atoms with Crippen molar-refractivity contribution in [3.63, 3.8) is 0 Å². The number of ether oxygens (including phenoxy) is 2. The smallest absolute Gasteiger partial charge is 0.314 e. The van der Waals surface area contributed by atoms with Gasteiger partial charge in [-0.15, -0.1) is 11.8 Å². The molecule has 0 N–H and O–H groups in total. The standard InChI is InChI=1S/C19H22O3S/c1-4-22-19(20)18(15-8-10-16(21-3)11-9-15)13-23-17-7-5-6-14(2)12-17/h5-12,18H,4,13H2,1-3H3. The predicted molar refractivity (Wildman–Crippen MR) is 94.3 cm³/mol. The maximum Gasteiger partial charge on any atom is 0.314 e. The molecule has 1 atom stereocenters. The van der Waals surface area contributed by atoms with Gasteiger partial charge in [-0.3, -0.25) is 4.79 Å². The molecular weight excluding hydrogens is 308 g/mol. The molecule has 23 heavy (non-hydrogen) atoms. The highest BCUT2D eigenvalue weighted by molar-refractivity contribution is 7.99. The molecule has 0 bridgehead atoms. The molecule has 1 unspecified atom stereocenters. The zero-order valence-corrected chi connectivity index (χ0v) is 14.6. The first-order valence-electron chi connectivity index (χ1n) is 7.64. The van der Waals surface area contributed by atoms with Crippen LogP contribution in [0.1, 0.15) is 24.0 Å². The van der Waals surface area contributed by atoms with Gasteiger partial charge in [0.15, 0.2) is 0 Å². The van der Waals surface area contributed by atoms with E-state index in [1.165, 1.54) is 5.56 Å². The Hall–Kier alpha value is -1.94. The maximum atomic E-state index is 12.3. The van der Waals surface area contributed by atoms with Crippen LogP contribution in [-0.2, 0) is 9.53 Å². The lowest BCUT2D eigenvalue weighted by Crippen LogP contribution is -2.18. The Morgan fingerprint density at radius 1 is 1.17 bits per heavy atom. The van der Waals surface area contributed by atoms with Gasteiger partial charge >= 0.3 is 5.97 Å². The lowest BCUT2D eigenvalue weighted by molar-refractivity contribution is -0.144. The van der Waals surface area contributed by atoms with Gasteiger partial charge in [0.1, 0.15) is 5.75 Å². The molecular formula is C19H22O3S. The van der Waals surface area contributed by atoms with Crippen LogP contribution in [0.3, 0.4) is 0 Å². The van der Waals surface area contributed by atoms with Crippen LogP contribution < -0.4 is 4.74 Å². The van der Waals surface area contributed by atoms with E-state index in [1.807, 2.05) is 37.3 Å². The summed E-state index contributed by atoms with van der Waals surface area (Å²) in [5.74, 6) is 0.959. The maximum absolute atomic E-state index is 12.3. The molecule has 0 radical (unpaired) electrons. The van der Waals surface area contributed by atoms with Gasteiger partial charge in [0, 0.05) is 10.6 Å². The van der Waals surface area contributed by atoms with E-state index in [0.29, 0.717) is 12.4 Å². The first-order chi connectivity index (χ1) is 11.1. The van der Waals surface area contributed by atoms with Crippen molar-refractivity contribution in [2.45, 2.75) is 24.7 Å². The Bertz CT molecular complexity index is 637. The van der Waals surface area contributed by atoms with Gasteiger partial charge in [0.25, 0.3) is 0 Å². The highest BCUT2D eigenvalue weighted by atomic mass is 32.2. The fourth-order valence-corrected chi connectivity index (χ4v) is 3.40. The van der Waals surface area contributed by atoms with Crippen molar-refractivity contribution >= 4 is 17.7 Å². The van der Waals surface area contributed by atoms with Crippen molar-refractivity contribution in [2.24, 2.45) is 0 Å². The average Bonchev–Trinajstić information content (AvgIpc) is 2.56. The third-order valence-electron chi connectivity index (χ3n) is 3.50. The van der Waals surface area contributed by atoms with Crippen LogP contribution in [0, 0.1) is 6.92 Å². The van der Waals surface area contributed by atoms with Gasteiger partial charge in [-0.1, -0.05) is 29.8 Å². The second-order valence-electron chi connectivity index (χ2n) is 5.21. The van der Waals surface area contributed by atoms with E-state index < -0.39 is 0 Å². The minimum atomic E-state index is -0.286. The lowest BCUT2D eigenvalue weighted by Gasteiger charge is -2.16. The Balaban J connectivity index is 2.14. The summed E-state index contributed by atoms with van der Waals surface area (Å²) in [4.78, 5) is 13.5. The average molecular weight is 330 g/mol. The molecule has 2 rings (SSSR count). The van der Waals surface area contributed by atoms with Crippen molar-refractivity contribution in [1.82, 2.24) is 0 Å². The van der Waals surface area contributed by atoms with Gasteiger partial charge in [-0.2, -0.15) is 0 Å².